The molecule has 1 aliphatic heterocycles. The van der Waals surface area contributed by atoms with Gasteiger partial charge < -0.3 is 15.3 Å². The van der Waals surface area contributed by atoms with Crippen molar-refractivity contribution >= 4 is 0 Å². The molecule has 0 aromatic rings. The Hall–Kier alpha value is -1.50. The summed E-state index contributed by atoms with van der Waals surface area (Å²) in [6, 6.07) is 0. The average Bonchev–Trinajstić information content (AvgIpc) is 3.00. The van der Waals surface area contributed by atoms with Gasteiger partial charge in [0.2, 0.25) is 0 Å². The SMILES string of the molecule is C#CC1(O)CCC2C(CC)C(C(/C=C(\C=C)N3CCNCC3)=C(C)C)CCC21C. The number of hydrogen-bond acceptors (Lipinski definition) is 3. The number of terminal acetylenes is 1. The maximum atomic E-state index is 11.2. The van der Waals surface area contributed by atoms with E-state index >= 15 is 0 Å². The number of rotatable bonds is 5. The van der Waals surface area contributed by atoms with Crippen molar-refractivity contribution in [3.63, 3.8) is 0 Å². The van der Waals surface area contributed by atoms with Gasteiger partial charge >= 0.3 is 0 Å². The zero-order chi connectivity index (χ0) is 21.2. The molecule has 3 nitrogen and oxygen atoms in total. The highest BCUT2D eigenvalue weighted by Crippen LogP contribution is 2.62. The fraction of sp³-hybridized carbons (Fsp3) is 0.692. The molecule has 3 fully saturated rings. The third-order valence-electron chi connectivity index (χ3n) is 8.27. The number of hydrogen-bond donors (Lipinski definition) is 2. The lowest BCUT2D eigenvalue weighted by atomic mass is 9.55. The zero-order valence-corrected chi connectivity index (χ0v) is 18.9. The van der Waals surface area contributed by atoms with E-state index in [1.54, 1.807) is 0 Å². The Labute approximate surface area is 178 Å². The van der Waals surface area contributed by atoms with Crippen LogP contribution in [-0.2, 0) is 0 Å². The molecular formula is C26H40N2O. The molecule has 3 aliphatic rings. The number of aliphatic hydroxyl groups is 1. The van der Waals surface area contributed by atoms with Crippen LogP contribution in [0.3, 0.4) is 0 Å². The quantitative estimate of drug-likeness (QED) is 0.530. The molecule has 2 N–H and O–H groups in total. The summed E-state index contributed by atoms with van der Waals surface area (Å²) in [4.78, 5) is 2.45. The Morgan fingerprint density at radius 2 is 1.97 bits per heavy atom. The zero-order valence-electron chi connectivity index (χ0n) is 18.9. The van der Waals surface area contributed by atoms with E-state index in [1.807, 2.05) is 6.08 Å². The molecule has 160 valence electrons. The van der Waals surface area contributed by atoms with Crippen LogP contribution in [0.2, 0.25) is 0 Å². The van der Waals surface area contributed by atoms with Crippen LogP contribution < -0.4 is 5.32 Å². The first-order chi connectivity index (χ1) is 13.8. The Balaban J connectivity index is 1.93. The minimum atomic E-state index is -0.940. The summed E-state index contributed by atoms with van der Waals surface area (Å²) in [5.74, 6) is 4.36. The lowest BCUT2D eigenvalue weighted by Crippen LogP contribution is -2.50. The van der Waals surface area contributed by atoms with Crippen molar-refractivity contribution in [2.45, 2.75) is 65.4 Å². The van der Waals surface area contributed by atoms with Crippen LogP contribution >= 0.6 is 0 Å². The first-order valence-corrected chi connectivity index (χ1v) is 11.5. The molecule has 1 heterocycles. The second kappa shape index (κ2) is 8.70. The monoisotopic (exact) mass is 396 g/mol. The van der Waals surface area contributed by atoms with Gasteiger partial charge in [-0.1, -0.05) is 38.3 Å². The molecule has 0 spiro atoms. The van der Waals surface area contributed by atoms with Crippen molar-refractivity contribution in [3.8, 4) is 12.3 Å². The average molecular weight is 397 g/mol. The highest BCUT2D eigenvalue weighted by atomic mass is 16.3. The second-order valence-corrected chi connectivity index (χ2v) is 9.75. The molecule has 5 unspecified atom stereocenters. The van der Waals surface area contributed by atoms with Crippen molar-refractivity contribution in [1.82, 2.24) is 10.2 Å². The van der Waals surface area contributed by atoms with Gasteiger partial charge in [0.25, 0.3) is 0 Å². The summed E-state index contributed by atoms with van der Waals surface area (Å²) in [5.41, 5.74) is 3.02. The highest BCUT2D eigenvalue weighted by molar-refractivity contribution is 5.35. The van der Waals surface area contributed by atoms with E-state index in [2.05, 4.69) is 56.5 Å². The van der Waals surface area contributed by atoms with Crippen LogP contribution in [0.25, 0.3) is 0 Å². The molecule has 0 aromatic carbocycles. The van der Waals surface area contributed by atoms with Gasteiger partial charge in [-0.2, -0.15) is 0 Å². The number of nitrogens with one attached hydrogen (secondary N) is 1. The maximum absolute atomic E-state index is 11.2. The van der Waals surface area contributed by atoms with Crippen molar-refractivity contribution in [2.24, 2.45) is 23.2 Å². The largest absolute Gasteiger partial charge is 0.377 e. The van der Waals surface area contributed by atoms with Gasteiger partial charge in [0.05, 0.1) is 0 Å². The van der Waals surface area contributed by atoms with Gasteiger partial charge in [0.15, 0.2) is 0 Å². The van der Waals surface area contributed by atoms with Crippen LogP contribution in [0.1, 0.15) is 59.8 Å². The third-order valence-corrected chi connectivity index (χ3v) is 8.27. The normalized spacial score (nSPS) is 37.6. The molecule has 29 heavy (non-hydrogen) atoms. The van der Waals surface area contributed by atoms with Crippen LogP contribution in [-0.4, -0.2) is 41.8 Å². The minimum absolute atomic E-state index is 0.158. The molecule has 0 amide bonds. The van der Waals surface area contributed by atoms with Crippen LogP contribution in [0, 0.1) is 35.5 Å². The van der Waals surface area contributed by atoms with E-state index in [0.717, 1.165) is 58.3 Å². The molecule has 0 radical (unpaired) electrons. The lowest BCUT2D eigenvalue weighted by molar-refractivity contribution is -0.0676. The van der Waals surface area contributed by atoms with Gasteiger partial charge in [-0.15, -0.1) is 6.42 Å². The molecule has 1 saturated heterocycles. The van der Waals surface area contributed by atoms with Gasteiger partial charge in [0.1, 0.15) is 5.60 Å². The summed E-state index contributed by atoms with van der Waals surface area (Å²) in [6.07, 6.45) is 15.3. The number of nitrogens with zero attached hydrogens (tertiary/aromatic N) is 1. The van der Waals surface area contributed by atoms with Gasteiger partial charge in [-0.3, -0.25) is 0 Å². The van der Waals surface area contributed by atoms with E-state index in [0.29, 0.717) is 17.8 Å². The molecule has 2 aliphatic carbocycles. The molecule has 5 atom stereocenters. The molecule has 3 rings (SSSR count). The molecule has 0 aromatic heterocycles. The number of fused-ring (bicyclic) bond motifs is 1. The van der Waals surface area contributed by atoms with E-state index in [9.17, 15) is 5.11 Å². The minimum Gasteiger partial charge on any atom is -0.377 e. The molecular weight excluding hydrogens is 356 g/mol. The first kappa shape index (κ1) is 22.2. The predicted molar refractivity (Wildman–Crippen MR) is 122 cm³/mol. The van der Waals surface area contributed by atoms with Gasteiger partial charge in [-0.25, -0.2) is 0 Å². The summed E-state index contributed by atoms with van der Waals surface area (Å²) >= 11 is 0. The van der Waals surface area contributed by atoms with Crippen molar-refractivity contribution in [2.75, 3.05) is 26.2 Å². The number of allylic oxidation sites excluding steroid dienone is 4. The topological polar surface area (TPSA) is 35.5 Å². The Bertz CT molecular complexity index is 719. The second-order valence-electron chi connectivity index (χ2n) is 9.75. The Morgan fingerprint density at radius 1 is 1.28 bits per heavy atom. The molecule has 3 heteroatoms. The summed E-state index contributed by atoms with van der Waals surface area (Å²) in [5, 5.41) is 14.6. The van der Waals surface area contributed by atoms with E-state index in [1.165, 1.54) is 16.8 Å². The van der Waals surface area contributed by atoms with Crippen LogP contribution in [0.5, 0.6) is 0 Å². The third kappa shape index (κ3) is 3.82. The van der Waals surface area contributed by atoms with Crippen LogP contribution in [0.15, 0.2) is 35.6 Å². The standard InChI is InChI=1S/C26H40N2O/c1-7-20(28-16-14-27-15-17-28)18-23(19(4)5)22-10-12-25(6)24(21(22)8-2)11-13-26(25,29)9-3/h3,7,18,21-22,24,27,29H,1,8,10-17H2,2,4-6H3/b20-18+. The predicted octanol–water partition coefficient (Wildman–Crippen LogP) is 4.51. The number of piperazine rings is 1. The molecule has 0 bridgehead atoms. The van der Waals surface area contributed by atoms with Gasteiger partial charge in [-0.05, 0) is 75.0 Å². The van der Waals surface area contributed by atoms with E-state index in [-0.39, 0.29) is 5.41 Å². The highest BCUT2D eigenvalue weighted by Gasteiger charge is 2.60. The lowest BCUT2D eigenvalue weighted by Gasteiger charge is -2.50. The smallest absolute Gasteiger partial charge is 0.130 e. The van der Waals surface area contributed by atoms with Gasteiger partial charge in [0, 0.05) is 37.3 Å². The van der Waals surface area contributed by atoms with Crippen molar-refractivity contribution < 1.29 is 5.11 Å². The maximum Gasteiger partial charge on any atom is 0.130 e. The van der Waals surface area contributed by atoms with Crippen LogP contribution in [0.4, 0.5) is 0 Å². The van der Waals surface area contributed by atoms with Crippen molar-refractivity contribution in [1.29, 1.82) is 0 Å². The Morgan fingerprint density at radius 3 is 2.52 bits per heavy atom. The van der Waals surface area contributed by atoms with E-state index in [4.69, 9.17) is 6.42 Å². The molecule has 2 saturated carbocycles. The van der Waals surface area contributed by atoms with Crippen molar-refractivity contribution in [3.05, 3.63) is 35.6 Å². The van der Waals surface area contributed by atoms with E-state index < -0.39 is 5.60 Å². The fourth-order valence-electron chi connectivity index (χ4n) is 6.48. The Kier molecular flexibility index (Phi) is 6.66. The fourth-order valence-corrected chi connectivity index (χ4v) is 6.48. The first-order valence-electron chi connectivity index (χ1n) is 11.5. The summed E-state index contributed by atoms with van der Waals surface area (Å²) in [7, 11) is 0. The summed E-state index contributed by atoms with van der Waals surface area (Å²) in [6.45, 7) is 17.3. The summed E-state index contributed by atoms with van der Waals surface area (Å²) < 4.78 is 0.